The molecule has 0 aromatic heterocycles. The van der Waals surface area contributed by atoms with E-state index in [-0.39, 0.29) is 5.75 Å². The van der Waals surface area contributed by atoms with Gasteiger partial charge < -0.3 is 9.84 Å². The minimum Gasteiger partial charge on any atom is -0.504 e. The molecule has 18 heavy (non-hydrogen) atoms. The monoisotopic (exact) mass is 250 g/mol. The van der Waals surface area contributed by atoms with Crippen molar-refractivity contribution in [2.45, 2.75) is 52.4 Å². The van der Waals surface area contributed by atoms with Crippen molar-refractivity contribution < 1.29 is 9.84 Å². The molecular formula is C16H26O2. The predicted octanol–water partition coefficient (Wildman–Crippen LogP) is 4.55. The Kier molecular flexibility index (Phi) is 6.63. The van der Waals surface area contributed by atoms with Crippen molar-refractivity contribution in [3.8, 4) is 11.5 Å². The molecule has 0 unspecified atom stereocenters. The van der Waals surface area contributed by atoms with Gasteiger partial charge in [0.15, 0.2) is 11.5 Å². The first-order chi connectivity index (χ1) is 8.63. The van der Waals surface area contributed by atoms with E-state index >= 15 is 0 Å². The number of methoxy groups -OCH3 is 1. The second kappa shape index (κ2) is 8.02. The lowest BCUT2D eigenvalue weighted by Crippen LogP contribution is -1.90. The normalized spacial score (nSPS) is 10.9. The minimum atomic E-state index is 0.221. The number of hydrogen-bond acceptors (Lipinski definition) is 2. The lowest BCUT2D eigenvalue weighted by Gasteiger charge is -2.07. The van der Waals surface area contributed by atoms with Crippen LogP contribution in [0.1, 0.15) is 51.5 Å². The van der Waals surface area contributed by atoms with Gasteiger partial charge >= 0.3 is 0 Å². The number of unbranched alkanes of at least 4 members (excludes halogenated alkanes) is 3. The molecule has 102 valence electrons. The number of benzene rings is 1. The second-order valence-electron chi connectivity index (χ2n) is 5.35. The van der Waals surface area contributed by atoms with Gasteiger partial charge in [0.2, 0.25) is 0 Å². The number of aryl methyl sites for hydroxylation is 1. The highest BCUT2D eigenvalue weighted by Crippen LogP contribution is 2.27. The van der Waals surface area contributed by atoms with E-state index in [1.165, 1.54) is 37.7 Å². The fraction of sp³-hybridized carbons (Fsp3) is 0.625. The lowest BCUT2D eigenvalue weighted by molar-refractivity contribution is 0.373. The zero-order valence-electron chi connectivity index (χ0n) is 11.9. The molecule has 2 heteroatoms. The molecule has 0 heterocycles. The first kappa shape index (κ1) is 14.9. The molecule has 2 nitrogen and oxygen atoms in total. The van der Waals surface area contributed by atoms with Crippen molar-refractivity contribution in [2.24, 2.45) is 5.92 Å². The third-order valence-electron chi connectivity index (χ3n) is 3.24. The number of aromatic hydroxyl groups is 1. The minimum absolute atomic E-state index is 0.221. The summed E-state index contributed by atoms with van der Waals surface area (Å²) in [7, 11) is 1.59. The topological polar surface area (TPSA) is 29.5 Å². The van der Waals surface area contributed by atoms with Crippen LogP contribution < -0.4 is 4.74 Å². The van der Waals surface area contributed by atoms with Crippen molar-refractivity contribution in [2.75, 3.05) is 7.11 Å². The van der Waals surface area contributed by atoms with Crippen LogP contribution in [0.25, 0.3) is 0 Å². The quantitative estimate of drug-likeness (QED) is 0.686. The molecule has 0 spiro atoms. The predicted molar refractivity (Wildman–Crippen MR) is 76.3 cm³/mol. The highest BCUT2D eigenvalue weighted by Gasteiger charge is 2.02. The van der Waals surface area contributed by atoms with Gasteiger partial charge in [0.05, 0.1) is 7.11 Å². The summed E-state index contributed by atoms with van der Waals surface area (Å²) in [6.07, 6.45) is 7.58. The Bertz CT molecular complexity index is 345. The summed E-state index contributed by atoms with van der Waals surface area (Å²) in [5.41, 5.74) is 1.24. The van der Waals surface area contributed by atoms with Crippen molar-refractivity contribution in [3.63, 3.8) is 0 Å². The van der Waals surface area contributed by atoms with Gasteiger partial charge in [-0.05, 0) is 36.5 Å². The fourth-order valence-corrected chi connectivity index (χ4v) is 2.11. The van der Waals surface area contributed by atoms with Crippen LogP contribution in [0, 0.1) is 5.92 Å². The SMILES string of the molecule is COc1cc(CCCCCCC(C)C)ccc1O. The maximum absolute atomic E-state index is 9.50. The van der Waals surface area contributed by atoms with Crippen LogP contribution in [0.3, 0.4) is 0 Å². The summed E-state index contributed by atoms with van der Waals surface area (Å²) >= 11 is 0. The molecule has 0 atom stereocenters. The molecule has 1 rings (SSSR count). The van der Waals surface area contributed by atoms with E-state index in [0.29, 0.717) is 5.75 Å². The highest BCUT2D eigenvalue weighted by molar-refractivity contribution is 5.41. The van der Waals surface area contributed by atoms with Gasteiger partial charge in [-0.25, -0.2) is 0 Å². The van der Waals surface area contributed by atoms with Crippen LogP contribution in [0.2, 0.25) is 0 Å². The number of phenolic OH excluding ortho intramolecular Hbond substituents is 1. The van der Waals surface area contributed by atoms with Crippen LogP contribution in [-0.2, 0) is 6.42 Å². The van der Waals surface area contributed by atoms with Gasteiger partial charge in [0.25, 0.3) is 0 Å². The molecule has 0 aliphatic rings. The molecular weight excluding hydrogens is 224 g/mol. The second-order valence-corrected chi connectivity index (χ2v) is 5.35. The third-order valence-corrected chi connectivity index (χ3v) is 3.24. The van der Waals surface area contributed by atoms with Gasteiger partial charge in [-0.1, -0.05) is 45.6 Å². The Morgan fingerprint density at radius 1 is 1.11 bits per heavy atom. The molecule has 1 aromatic carbocycles. The van der Waals surface area contributed by atoms with E-state index in [1.54, 1.807) is 13.2 Å². The van der Waals surface area contributed by atoms with Gasteiger partial charge in [-0.2, -0.15) is 0 Å². The summed E-state index contributed by atoms with van der Waals surface area (Å²) in [4.78, 5) is 0. The molecule has 0 radical (unpaired) electrons. The first-order valence-corrected chi connectivity index (χ1v) is 6.99. The summed E-state index contributed by atoms with van der Waals surface area (Å²) < 4.78 is 5.11. The molecule has 0 aliphatic heterocycles. The van der Waals surface area contributed by atoms with Crippen molar-refractivity contribution in [3.05, 3.63) is 23.8 Å². The van der Waals surface area contributed by atoms with Gasteiger partial charge in [-0.15, -0.1) is 0 Å². The largest absolute Gasteiger partial charge is 0.504 e. The maximum Gasteiger partial charge on any atom is 0.160 e. The Labute approximate surface area is 111 Å². The molecule has 0 saturated heterocycles. The Balaban J connectivity index is 2.23. The van der Waals surface area contributed by atoms with Crippen LogP contribution in [0.5, 0.6) is 11.5 Å². The molecule has 0 saturated carbocycles. The Morgan fingerprint density at radius 2 is 1.83 bits per heavy atom. The average molecular weight is 250 g/mol. The standard InChI is InChI=1S/C16H26O2/c1-13(2)8-6-4-5-7-9-14-10-11-15(17)16(12-14)18-3/h10-13,17H,4-9H2,1-3H3. The Morgan fingerprint density at radius 3 is 2.50 bits per heavy atom. The zero-order valence-corrected chi connectivity index (χ0v) is 11.9. The van der Waals surface area contributed by atoms with Crippen molar-refractivity contribution in [1.82, 2.24) is 0 Å². The van der Waals surface area contributed by atoms with Crippen LogP contribution in [0.15, 0.2) is 18.2 Å². The first-order valence-electron chi connectivity index (χ1n) is 6.99. The van der Waals surface area contributed by atoms with E-state index in [2.05, 4.69) is 13.8 Å². The fourth-order valence-electron chi connectivity index (χ4n) is 2.11. The van der Waals surface area contributed by atoms with Crippen LogP contribution >= 0.6 is 0 Å². The van der Waals surface area contributed by atoms with E-state index in [9.17, 15) is 5.11 Å². The number of ether oxygens (including phenoxy) is 1. The molecule has 0 bridgehead atoms. The molecule has 0 fully saturated rings. The lowest BCUT2D eigenvalue weighted by atomic mass is 10.0. The maximum atomic E-state index is 9.50. The van der Waals surface area contributed by atoms with E-state index in [1.807, 2.05) is 12.1 Å². The zero-order chi connectivity index (χ0) is 13.4. The van der Waals surface area contributed by atoms with E-state index in [4.69, 9.17) is 4.74 Å². The van der Waals surface area contributed by atoms with E-state index in [0.717, 1.165) is 12.3 Å². The third kappa shape index (κ3) is 5.44. The summed E-state index contributed by atoms with van der Waals surface area (Å²) in [5, 5.41) is 9.50. The van der Waals surface area contributed by atoms with E-state index < -0.39 is 0 Å². The summed E-state index contributed by atoms with van der Waals surface area (Å²) in [5.74, 6) is 1.62. The highest BCUT2D eigenvalue weighted by atomic mass is 16.5. The summed E-state index contributed by atoms with van der Waals surface area (Å²) in [6, 6.07) is 5.63. The number of rotatable bonds is 8. The van der Waals surface area contributed by atoms with Gasteiger partial charge in [-0.3, -0.25) is 0 Å². The molecule has 0 amide bonds. The smallest absolute Gasteiger partial charge is 0.160 e. The Hall–Kier alpha value is -1.18. The molecule has 0 aliphatic carbocycles. The van der Waals surface area contributed by atoms with Crippen LogP contribution in [-0.4, -0.2) is 12.2 Å². The molecule has 1 N–H and O–H groups in total. The van der Waals surface area contributed by atoms with Gasteiger partial charge in [0.1, 0.15) is 0 Å². The van der Waals surface area contributed by atoms with Crippen molar-refractivity contribution >= 4 is 0 Å². The van der Waals surface area contributed by atoms with Crippen molar-refractivity contribution in [1.29, 1.82) is 0 Å². The average Bonchev–Trinajstić information content (AvgIpc) is 2.35. The number of hydrogen-bond donors (Lipinski definition) is 1. The summed E-state index contributed by atoms with van der Waals surface area (Å²) in [6.45, 7) is 4.56. The van der Waals surface area contributed by atoms with Crippen LogP contribution in [0.4, 0.5) is 0 Å². The molecule has 1 aromatic rings. The number of phenols is 1. The van der Waals surface area contributed by atoms with Gasteiger partial charge in [0, 0.05) is 0 Å².